The van der Waals surface area contributed by atoms with Crippen molar-refractivity contribution in [3.8, 4) is 5.69 Å². The third-order valence-electron chi connectivity index (χ3n) is 3.28. The molecular formula is C16H18F3N3O2. The monoisotopic (exact) mass is 341 g/mol. The molecular weight excluding hydrogens is 323 g/mol. The van der Waals surface area contributed by atoms with E-state index in [-0.39, 0.29) is 6.54 Å². The first kappa shape index (κ1) is 17.8. The van der Waals surface area contributed by atoms with Crippen LogP contribution in [-0.4, -0.2) is 35.2 Å². The molecule has 2 aromatic rings. The number of para-hydroxylation sites is 1. The highest BCUT2D eigenvalue weighted by Crippen LogP contribution is 2.15. The molecule has 1 N–H and O–H groups in total. The number of alkyl halides is 3. The highest BCUT2D eigenvalue weighted by Gasteiger charge is 2.29. The van der Waals surface area contributed by atoms with E-state index in [4.69, 9.17) is 0 Å². The van der Waals surface area contributed by atoms with Crippen LogP contribution in [0.25, 0.3) is 5.69 Å². The number of alkyl carbamates (subject to hydrolysis) is 1. The lowest BCUT2D eigenvalue weighted by Crippen LogP contribution is -2.29. The summed E-state index contributed by atoms with van der Waals surface area (Å²) in [4.78, 5) is 11.1. The molecule has 0 unspecified atom stereocenters. The van der Waals surface area contributed by atoms with Gasteiger partial charge in [0.15, 0.2) is 6.61 Å². The average molecular weight is 341 g/mol. The van der Waals surface area contributed by atoms with Gasteiger partial charge in [0.25, 0.3) is 0 Å². The lowest BCUT2D eigenvalue weighted by atomic mass is 10.1. The van der Waals surface area contributed by atoms with E-state index in [1.54, 1.807) is 4.68 Å². The first-order chi connectivity index (χ1) is 11.3. The molecule has 0 aliphatic carbocycles. The summed E-state index contributed by atoms with van der Waals surface area (Å²) >= 11 is 0. The zero-order valence-electron chi connectivity index (χ0n) is 13.1. The van der Waals surface area contributed by atoms with Crippen LogP contribution >= 0.6 is 0 Å². The maximum atomic E-state index is 11.9. The van der Waals surface area contributed by atoms with E-state index in [1.807, 2.05) is 43.5 Å². The highest BCUT2D eigenvalue weighted by molar-refractivity contribution is 5.67. The zero-order chi connectivity index (χ0) is 17.6. The van der Waals surface area contributed by atoms with Gasteiger partial charge in [-0.25, -0.2) is 9.48 Å². The molecule has 5 nitrogen and oxygen atoms in total. The van der Waals surface area contributed by atoms with Crippen molar-refractivity contribution < 1.29 is 22.7 Å². The summed E-state index contributed by atoms with van der Waals surface area (Å²) in [6.45, 7) is 0.536. The fraction of sp³-hybridized carbons (Fsp3) is 0.375. The van der Waals surface area contributed by atoms with Gasteiger partial charge in [-0.15, -0.1) is 0 Å². The van der Waals surface area contributed by atoms with Crippen LogP contribution in [-0.2, 0) is 11.2 Å². The SMILES string of the molecule is Cc1nn(-c2ccccc2)cc1CCCNC(=O)OCC(F)(F)F. The van der Waals surface area contributed by atoms with Crippen molar-refractivity contribution >= 4 is 6.09 Å². The molecule has 8 heteroatoms. The first-order valence-electron chi connectivity index (χ1n) is 7.43. The molecule has 0 fully saturated rings. The second-order valence-corrected chi connectivity index (χ2v) is 5.24. The quantitative estimate of drug-likeness (QED) is 0.820. The van der Waals surface area contributed by atoms with Gasteiger partial charge in [-0.2, -0.15) is 18.3 Å². The van der Waals surface area contributed by atoms with Gasteiger partial charge in [-0.1, -0.05) is 18.2 Å². The number of rotatable bonds is 6. The van der Waals surface area contributed by atoms with Crippen LogP contribution in [0, 0.1) is 6.92 Å². The lowest BCUT2D eigenvalue weighted by Gasteiger charge is -2.08. The molecule has 0 aliphatic rings. The van der Waals surface area contributed by atoms with Gasteiger partial charge in [0, 0.05) is 12.7 Å². The summed E-state index contributed by atoms with van der Waals surface area (Å²) in [5.74, 6) is 0. The number of hydrogen-bond donors (Lipinski definition) is 1. The van der Waals surface area contributed by atoms with Gasteiger partial charge >= 0.3 is 12.3 Å². The second kappa shape index (κ2) is 7.85. The predicted octanol–water partition coefficient (Wildman–Crippen LogP) is 3.40. The number of ether oxygens (including phenoxy) is 1. The molecule has 1 heterocycles. The Labute approximate surface area is 137 Å². The van der Waals surface area contributed by atoms with Crippen molar-refractivity contribution in [1.29, 1.82) is 0 Å². The van der Waals surface area contributed by atoms with Gasteiger partial charge in [0.2, 0.25) is 0 Å². The highest BCUT2D eigenvalue weighted by atomic mass is 19.4. The summed E-state index contributed by atoms with van der Waals surface area (Å²) in [6.07, 6.45) is -2.45. The summed E-state index contributed by atoms with van der Waals surface area (Å²) < 4.78 is 41.5. The fourth-order valence-corrected chi connectivity index (χ4v) is 2.12. The molecule has 0 radical (unpaired) electrons. The third-order valence-corrected chi connectivity index (χ3v) is 3.28. The van der Waals surface area contributed by atoms with E-state index in [0.717, 1.165) is 16.9 Å². The molecule has 1 aromatic heterocycles. The Morgan fingerprint density at radius 1 is 1.29 bits per heavy atom. The number of halogens is 3. The minimum Gasteiger partial charge on any atom is -0.440 e. The molecule has 2 rings (SSSR count). The topological polar surface area (TPSA) is 56.2 Å². The Balaban J connectivity index is 1.77. The largest absolute Gasteiger partial charge is 0.440 e. The van der Waals surface area contributed by atoms with Gasteiger partial charge in [-0.3, -0.25) is 0 Å². The second-order valence-electron chi connectivity index (χ2n) is 5.24. The van der Waals surface area contributed by atoms with Gasteiger partial charge in [0.1, 0.15) is 0 Å². The Kier molecular flexibility index (Phi) is 5.83. The van der Waals surface area contributed by atoms with Crippen LogP contribution in [0.2, 0.25) is 0 Å². The van der Waals surface area contributed by atoms with Crippen LogP contribution in [0.15, 0.2) is 36.5 Å². The van der Waals surface area contributed by atoms with E-state index in [9.17, 15) is 18.0 Å². The standard InChI is InChI=1S/C16H18F3N3O2/c1-12-13(10-22(21-12)14-7-3-2-4-8-14)6-5-9-20-15(23)24-11-16(17,18)19/h2-4,7-8,10H,5-6,9,11H2,1H3,(H,20,23). The van der Waals surface area contributed by atoms with E-state index in [1.165, 1.54) is 0 Å². The Morgan fingerprint density at radius 3 is 2.67 bits per heavy atom. The number of amides is 1. The van der Waals surface area contributed by atoms with E-state index >= 15 is 0 Å². The van der Waals surface area contributed by atoms with Gasteiger partial charge in [-0.05, 0) is 37.5 Å². The Hall–Kier alpha value is -2.51. The normalized spacial score (nSPS) is 11.3. The number of nitrogens with zero attached hydrogens (tertiary/aromatic N) is 2. The minimum atomic E-state index is -4.51. The first-order valence-corrected chi connectivity index (χ1v) is 7.43. The molecule has 0 saturated carbocycles. The Bertz CT molecular complexity index is 669. The molecule has 1 aromatic carbocycles. The number of hydrogen-bond acceptors (Lipinski definition) is 3. The van der Waals surface area contributed by atoms with Crippen molar-refractivity contribution in [1.82, 2.24) is 15.1 Å². The maximum Gasteiger partial charge on any atom is 0.422 e. The fourth-order valence-electron chi connectivity index (χ4n) is 2.12. The predicted molar refractivity (Wildman–Crippen MR) is 82.0 cm³/mol. The third kappa shape index (κ3) is 5.60. The number of nitrogens with one attached hydrogen (secondary N) is 1. The number of carbonyl (C=O) groups excluding carboxylic acids is 1. The molecule has 1 amide bonds. The molecule has 0 bridgehead atoms. The molecule has 0 spiro atoms. The summed E-state index contributed by atoms with van der Waals surface area (Å²) in [5.41, 5.74) is 2.84. The smallest absolute Gasteiger partial charge is 0.422 e. The van der Waals surface area contributed by atoms with Crippen LogP contribution in [0.5, 0.6) is 0 Å². The van der Waals surface area contributed by atoms with E-state index in [2.05, 4.69) is 15.2 Å². The van der Waals surface area contributed by atoms with E-state index < -0.39 is 18.9 Å². The van der Waals surface area contributed by atoms with E-state index in [0.29, 0.717) is 12.8 Å². The van der Waals surface area contributed by atoms with Crippen molar-refractivity contribution in [2.24, 2.45) is 0 Å². The Morgan fingerprint density at radius 2 is 2.00 bits per heavy atom. The molecule has 130 valence electrons. The van der Waals surface area contributed by atoms with Crippen molar-refractivity contribution in [2.45, 2.75) is 25.9 Å². The van der Waals surface area contributed by atoms with Gasteiger partial charge in [0.05, 0.1) is 11.4 Å². The maximum absolute atomic E-state index is 11.9. The lowest BCUT2D eigenvalue weighted by molar-refractivity contribution is -0.160. The molecule has 0 aliphatic heterocycles. The van der Waals surface area contributed by atoms with Crippen LogP contribution in [0.4, 0.5) is 18.0 Å². The van der Waals surface area contributed by atoms with Crippen LogP contribution < -0.4 is 5.32 Å². The molecule has 0 atom stereocenters. The van der Waals surface area contributed by atoms with Crippen LogP contribution in [0.3, 0.4) is 0 Å². The summed E-state index contributed by atoms with van der Waals surface area (Å²) in [5, 5.41) is 6.73. The summed E-state index contributed by atoms with van der Waals surface area (Å²) in [7, 11) is 0. The molecule has 24 heavy (non-hydrogen) atoms. The van der Waals surface area contributed by atoms with Gasteiger partial charge < -0.3 is 10.1 Å². The average Bonchev–Trinajstić information content (AvgIpc) is 2.91. The zero-order valence-corrected chi connectivity index (χ0v) is 13.1. The number of aryl methyl sites for hydroxylation is 2. The van der Waals surface area contributed by atoms with Crippen molar-refractivity contribution in [3.63, 3.8) is 0 Å². The minimum absolute atomic E-state index is 0.229. The summed E-state index contributed by atoms with van der Waals surface area (Å²) in [6, 6.07) is 9.64. The number of carbonyl (C=O) groups is 1. The van der Waals surface area contributed by atoms with Crippen LogP contribution in [0.1, 0.15) is 17.7 Å². The number of aromatic nitrogens is 2. The number of benzene rings is 1. The van der Waals surface area contributed by atoms with Crippen molar-refractivity contribution in [3.05, 3.63) is 47.8 Å². The molecule has 0 saturated heterocycles. The van der Waals surface area contributed by atoms with Crippen molar-refractivity contribution in [2.75, 3.05) is 13.2 Å².